The molecule has 1 heterocycles. The molecule has 0 aliphatic rings. The van der Waals surface area contributed by atoms with Crippen LogP contribution in [-0.4, -0.2) is 16.5 Å². The first-order valence-corrected chi connectivity index (χ1v) is 9.00. The van der Waals surface area contributed by atoms with Crippen LogP contribution in [0.4, 0.5) is 0 Å². The highest BCUT2D eigenvalue weighted by Gasteiger charge is 2.14. The second-order valence-corrected chi connectivity index (χ2v) is 7.16. The van der Waals surface area contributed by atoms with Crippen LogP contribution < -0.4 is 5.32 Å². The summed E-state index contributed by atoms with van der Waals surface area (Å²) < 4.78 is 2.14. The molecule has 3 nitrogen and oxygen atoms in total. The van der Waals surface area contributed by atoms with E-state index in [0.717, 1.165) is 12.8 Å². The number of carbonyl (C=O) groups is 1. The molecule has 0 aliphatic heterocycles. The largest absolute Gasteiger partial charge is 0.350 e. The van der Waals surface area contributed by atoms with E-state index >= 15 is 0 Å². The van der Waals surface area contributed by atoms with Crippen LogP contribution in [0.2, 0.25) is 10.0 Å². The average Bonchev–Trinajstić information content (AvgIpc) is 2.89. The fourth-order valence-corrected chi connectivity index (χ4v) is 3.54. The molecular weight excluding hydrogens is 355 g/mol. The Labute approximate surface area is 157 Å². The van der Waals surface area contributed by atoms with Crippen molar-refractivity contribution in [1.82, 2.24) is 9.88 Å². The third-order valence-electron chi connectivity index (χ3n) is 4.38. The van der Waals surface area contributed by atoms with Gasteiger partial charge >= 0.3 is 0 Å². The Morgan fingerprint density at radius 1 is 1.20 bits per heavy atom. The van der Waals surface area contributed by atoms with E-state index in [-0.39, 0.29) is 11.9 Å². The number of halogens is 2. The third-order valence-corrected chi connectivity index (χ3v) is 4.93. The molecule has 0 bridgehead atoms. The van der Waals surface area contributed by atoms with Crippen molar-refractivity contribution in [3.63, 3.8) is 0 Å². The maximum atomic E-state index is 12.4. The second kappa shape index (κ2) is 7.51. The number of hydrogen-bond acceptors (Lipinski definition) is 1. The summed E-state index contributed by atoms with van der Waals surface area (Å²) in [5.74, 6) is -0.174. The molecule has 1 amide bonds. The smallest absolute Gasteiger partial charge is 0.253 e. The van der Waals surface area contributed by atoms with E-state index in [1.54, 1.807) is 18.2 Å². The molecule has 3 aromatic rings. The number of rotatable bonds is 5. The molecule has 0 aliphatic carbocycles. The quantitative estimate of drug-likeness (QED) is 0.651. The van der Waals surface area contributed by atoms with E-state index in [9.17, 15) is 4.79 Å². The number of hydrogen-bond donors (Lipinski definition) is 1. The van der Waals surface area contributed by atoms with Gasteiger partial charge in [0.1, 0.15) is 0 Å². The van der Waals surface area contributed by atoms with E-state index in [4.69, 9.17) is 23.2 Å². The number of carbonyl (C=O) groups excluding carboxylic acids is 1. The van der Waals surface area contributed by atoms with E-state index in [1.165, 1.54) is 16.5 Å². The van der Waals surface area contributed by atoms with Gasteiger partial charge in [0, 0.05) is 35.2 Å². The molecular formula is C20H20Cl2N2O. The number of benzene rings is 2. The van der Waals surface area contributed by atoms with Crippen molar-refractivity contribution >= 4 is 40.0 Å². The Hall–Kier alpha value is -1.97. The average molecular weight is 375 g/mol. The number of nitrogens with one attached hydrogen (secondary N) is 1. The minimum absolute atomic E-state index is 0.0400. The fraction of sp³-hybridized carbons (Fsp3) is 0.250. The van der Waals surface area contributed by atoms with Crippen molar-refractivity contribution in [2.75, 3.05) is 0 Å². The molecule has 25 heavy (non-hydrogen) atoms. The van der Waals surface area contributed by atoms with Crippen LogP contribution in [0.15, 0.2) is 48.7 Å². The Kier molecular flexibility index (Phi) is 5.36. The standard InChI is InChI=1S/C20H20Cl2N2O/c1-13(23-20(25)17-10-9-15(21)11-18(17)22)7-8-14-12-24(2)19-6-4-3-5-16(14)19/h3-6,9-13H,7-8H2,1-2H3,(H,23,25). The van der Waals surface area contributed by atoms with Crippen molar-refractivity contribution in [3.05, 3.63) is 69.8 Å². The zero-order chi connectivity index (χ0) is 18.0. The van der Waals surface area contributed by atoms with Gasteiger partial charge in [-0.05, 0) is 49.6 Å². The normalized spacial score (nSPS) is 12.3. The van der Waals surface area contributed by atoms with Crippen LogP contribution in [-0.2, 0) is 13.5 Å². The van der Waals surface area contributed by atoms with Crippen molar-refractivity contribution in [2.45, 2.75) is 25.8 Å². The second-order valence-electron chi connectivity index (χ2n) is 6.32. The predicted molar refractivity (Wildman–Crippen MR) is 105 cm³/mol. The van der Waals surface area contributed by atoms with E-state index in [2.05, 4.69) is 41.3 Å². The summed E-state index contributed by atoms with van der Waals surface area (Å²) in [4.78, 5) is 12.4. The van der Waals surface area contributed by atoms with Gasteiger partial charge < -0.3 is 9.88 Å². The molecule has 2 aromatic carbocycles. The van der Waals surface area contributed by atoms with Gasteiger partial charge in [-0.3, -0.25) is 4.79 Å². The van der Waals surface area contributed by atoms with Crippen molar-refractivity contribution < 1.29 is 4.79 Å². The van der Waals surface area contributed by atoms with Crippen LogP contribution in [0.5, 0.6) is 0 Å². The predicted octanol–water partition coefficient (Wildman–Crippen LogP) is 5.24. The molecule has 130 valence electrons. The highest BCUT2D eigenvalue weighted by atomic mass is 35.5. The van der Waals surface area contributed by atoms with Gasteiger partial charge in [-0.25, -0.2) is 0 Å². The van der Waals surface area contributed by atoms with Crippen molar-refractivity contribution in [2.24, 2.45) is 7.05 Å². The number of amides is 1. The molecule has 0 saturated carbocycles. The minimum atomic E-state index is -0.174. The van der Waals surface area contributed by atoms with Crippen LogP contribution in [0, 0.1) is 0 Å². The topological polar surface area (TPSA) is 34.0 Å². The fourth-order valence-electron chi connectivity index (χ4n) is 3.04. The lowest BCUT2D eigenvalue weighted by atomic mass is 10.0. The van der Waals surface area contributed by atoms with Crippen LogP contribution in [0.25, 0.3) is 10.9 Å². The summed E-state index contributed by atoms with van der Waals surface area (Å²) in [6, 6.07) is 13.3. The molecule has 0 fully saturated rings. The third kappa shape index (κ3) is 4.00. The lowest BCUT2D eigenvalue weighted by Gasteiger charge is -2.14. The molecule has 1 unspecified atom stereocenters. The number of fused-ring (bicyclic) bond motifs is 1. The first-order valence-electron chi connectivity index (χ1n) is 8.24. The van der Waals surface area contributed by atoms with Crippen molar-refractivity contribution in [3.8, 4) is 0 Å². The Balaban J connectivity index is 1.64. The molecule has 5 heteroatoms. The molecule has 3 rings (SSSR count). The highest BCUT2D eigenvalue weighted by Crippen LogP contribution is 2.23. The van der Waals surface area contributed by atoms with Gasteiger partial charge in [0.05, 0.1) is 10.6 Å². The van der Waals surface area contributed by atoms with Gasteiger partial charge in [0.25, 0.3) is 5.91 Å². The Bertz CT molecular complexity index is 917. The number of aryl methyl sites for hydroxylation is 2. The molecule has 1 atom stereocenters. The zero-order valence-corrected chi connectivity index (χ0v) is 15.7. The lowest BCUT2D eigenvalue weighted by molar-refractivity contribution is 0.0938. The van der Waals surface area contributed by atoms with Gasteiger partial charge in [0.2, 0.25) is 0 Å². The minimum Gasteiger partial charge on any atom is -0.350 e. The molecule has 1 N–H and O–H groups in total. The SMILES string of the molecule is CC(CCc1cn(C)c2ccccc12)NC(=O)c1ccc(Cl)cc1Cl. The van der Waals surface area contributed by atoms with E-state index < -0.39 is 0 Å². The summed E-state index contributed by atoms with van der Waals surface area (Å²) in [7, 11) is 2.06. The summed E-state index contributed by atoms with van der Waals surface area (Å²) in [5.41, 5.74) is 2.97. The zero-order valence-electron chi connectivity index (χ0n) is 14.2. The van der Waals surface area contributed by atoms with E-state index in [0.29, 0.717) is 15.6 Å². The van der Waals surface area contributed by atoms with Gasteiger partial charge in [-0.15, -0.1) is 0 Å². The summed E-state index contributed by atoms with van der Waals surface area (Å²) in [5, 5.41) is 5.16. The van der Waals surface area contributed by atoms with E-state index in [1.807, 2.05) is 13.0 Å². The molecule has 0 radical (unpaired) electrons. The number of aromatic nitrogens is 1. The summed E-state index contributed by atoms with van der Waals surface area (Å²) >= 11 is 12.0. The number of nitrogens with zero attached hydrogens (tertiary/aromatic N) is 1. The first-order chi connectivity index (χ1) is 12.0. The van der Waals surface area contributed by atoms with Crippen LogP contribution in [0.3, 0.4) is 0 Å². The van der Waals surface area contributed by atoms with Gasteiger partial charge in [0.15, 0.2) is 0 Å². The summed E-state index contributed by atoms with van der Waals surface area (Å²) in [6.07, 6.45) is 3.91. The number of para-hydroxylation sites is 1. The van der Waals surface area contributed by atoms with Crippen molar-refractivity contribution in [1.29, 1.82) is 0 Å². The molecule has 0 spiro atoms. The molecule has 0 saturated heterocycles. The Morgan fingerprint density at radius 2 is 1.96 bits per heavy atom. The Morgan fingerprint density at radius 3 is 2.72 bits per heavy atom. The highest BCUT2D eigenvalue weighted by molar-refractivity contribution is 6.36. The van der Waals surface area contributed by atoms with Gasteiger partial charge in [-0.2, -0.15) is 0 Å². The maximum absolute atomic E-state index is 12.4. The van der Waals surface area contributed by atoms with Gasteiger partial charge in [-0.1, -0.05) is 41.4 Å². The monoisotopic (exact) mass is 374 g/mol. The summed E-state index contributed by atoms with van der Waals surface area (Å²) in [6.45, 7) is 2.01. The van der Waals surface area contributed by atoms with Crippen LogP contribution >= 0.6 is 23.2 Å². The van der Waals surface area contributed by atoms with Crippen LogP contribution in [0.1, 0.15) is 29.3 Å². The molecule has 1 aromatic heterocycles. The first kappa shape index (κ1) is 17.8. The maximum Gasteiger partial charge on any atom is 0.253 e. The lowest BCUT2D eigenvalue weighted by Crippen LogP contribution is -2.33.